The van der Waals surface area contributed by atoms with E-state index in [0.717, 1.165) is 12.8 Å². The average Bonchev–Trinajstić information content (AvgIpc) is 2.36. The Morgan fingerprint density at radius 2 is 2.17 bits per heavy atom. The zero-order chi connectivity index (χ0) is 13.5. The number of rotatable bonds is 6. The molecule has 1 aromatic carbocycles. The van der Waals surface area contributed by atoms with Crippen LogP contribution in [0.3, 0.4) is 0 Å². The van der Waals surface area contributed by atoms with Crippen LogP contribution in [0.15, 0.2) is 16.6 Å². The summed E-state index contributed by atoms with van der Waals surface area (Å²) in [5, 5.41) is 11.9. The summed E-state index contributed by atoms with van der Waals surface area (Å²) in [6.07, 6.45) is 4.55. The molecule has 0 amide bonds. The Balaban J connectivity index is 2.68. The van der Waals surface area contributed by atoms with Crippen LogP contribution in [0.25, 0.3) is 0 Å². The number of hydrogen-bond acceptors (Lipinski definition) is 2. The summed E-state index contributed by atoms with van der Waals surface area (Å²) in [7, 11) is 0. The van der Waals surface area contributed by atoms with Gasteiger partial charge in [0.25, 0.3) is 0 Å². The van der Waals surface area contributed by atoms with E-state index in [1.54, 1.807) is 12.1 Å². The van der Waals surface area contributed by atoms with Gasteiger partial charge in [-0.05, 0) is 41.4 Å². The summed E-state index contributed by atoms with van der Waals surface area (Å²) in [5.41, 5.74) is 0.765. The maximum absolute atomic E-state index is 13.9. The van der Waals surface area contributed by atoms with E-state index in [1.165, 1.54) is 12.8 Å². The van der Waals surface area contributed by atoms with E-state index in [4.69, 9.17) is 5.26 Å². The number of nitriles is 1. The van der Waals surface area contributed by atoms with Crippen LogP contribution in [0.2, 0.25) is 0 Å². The average molecular weight is 313 g/mol. The van der Waals surface area contributed by atoms with Crippen molar-refractivity contribution in [2.75, 3.05) is 5.32 Å². The number of nitrogens with zero attached hydrogens (tertiary/aromatic N) is 1. The molecule has 0 fully saturated rings. The van der Waals surface area contributed by atoms with Gasteiger partial charge in [-0.15, -0.1) is 0 Å². The molecule has 0 aromatic heterocycles. The topological polar surface area (TPSA) is 35.8 Å². The fourth-order valence-corrected chi connectivity index (χ4v) is 2.22. The van der Waals surface area contributed by atoms with Crippen LogP contribution in [0.5, 0.6) is 0 Å². The van der Waals surface area contributed by atoms with Crippen LogP contribution in [-0.2, 0) is 0 Å². The minimum atomic E-state index is -0.392. The van der Waals surface area contributed by atoms with Gasteiger partial charge in [0.1, 0.15) is 6.07 Å². The zero-order valence-electron chi connectivity index (χ0n) is 10.8. The van der Waals surface area contributed by atoms with Crippen LogP contribution in [-0.4, -0.2) is 6.04 Å². The highest BCUT2D eigenvalue weighted by molar-refractivity contribution is 9.10. The van der Waals surface area contributed by atoms with Gasteiger partial charge in [-0.3, -0.25) is 0 Å². The Morgan fingerprint density at radius 1 is 1.44 bits per heavy atom. The van der Waals surface area contributed by atoms with Crippen LogP contribution >= 0.6 is 15.9 Å². The largest absolute Gasteiger partial charge is 0.380 e. The third-order valence-corrected chi connectivity index (χ3v) is 3.62. The highest BCUT2D eigenvalue weighted by Crippen LogP contribution is 2.27. The second kappa shape index (κ2) is 7.38. The normalized spacial score (nSPS) is 11.9. The van der Waals surface area contributed by atoms with Crippen LogP contribution in [0.4, 0.5) is 10.1 Å². The second-order valence-electron chi connectivity index (χ2n) is 4.44. The molecule has 0 aliphatic carbocycles. The predicted octanol–water partition coefficient (Wildman–Crippen LogP) is 4.84. The van der Waals surface area contributed by atoms with Crippen molar-refractivity contribution in [3.8, 4) is 6.07 Å². The molecule has 98 valence electrons. The first-order valence-corrected chi connectivity index (χ1v) is 7.04. The third-order valence-electron chi connectivity index (χ3n) is 2.85. The fourth-order valence-electron chi connectivity index (χ4n) is 1.79. The maximum atomic E-state index is 13.9. The van der Waals surface area contributed by atoms with Gasteiger partial charge >= 0.3 is 0 Å². The van der Waals surface area contributed by atoms with Gasteiger partial charge < -0.3 is 5.32 Å². The number of benzene rings is 1. The number of nitrogens with one attached hydrogen (secondary N) is 1. The molecule has 0 bridgehead atoms. The van der Waals surface area contributed by atoms with Crippen LogP contribution in [0.1, 0.15) is 45.1 Å². The first-order valence-electron chi connectivity index (χ1n) is 6.24. The Bertz CT molecular complexity index is 440. The molecule has 0 heterocycles. The van der Waals surface area contributed by atoms with Crippen molar-refractivity contribution in [1.82, 2.24) is 0 Å². The van der Waals surface area contributed by atoms with Crippen molar-refractivity contribution in [2.45, 2.75) is 45.6 Å². The highest BCUT2D eigenvalue weighted by Gasteiger charge is 2.12. The van der Waals surface area contributed by atoms with Crippen molar-refractivity contribution >= 4 is 21.6 Å². The molecule has 0 radical (unpaired) electrons. The summed E-state index contributed by atoms with van der Waals surface area (Å²) in [5.74, 6) is -0.392. The predicted molar refractivity (Wildman–Crippen MR) is 76.0 cm³/mol. The number of anilines is 1. The lowest BCUT2D eigenvalue weighted by Crippen LogP contribution is -2.16. The molecule has 18 heavy (non-hydrogen) atoms. The lowest BCUT2D eigenvalue weighted by Gasteiger charge is -2.16. The van der Waals surface area contributed by atoms with E-state index in [0.29, 0.717) is 11.3 Å². The number of halogens is 2. The highest BCUT2D eigenvalue weighted by atomic mass is 79.9. The molecule has 1 N–H and O–H groups in total. The molecule has 0 aliphatic heterocycles. The summed E-state index contributed by atoms with van der Waals surface area (Å²) < 4.78 is 14.2. The molecule has 1 unspecified atom stereocenters. The summed E-state index contributed by atoms with van der Waals surface area (Å²) in [4.78, 5) is 0. The summed E-state index contributed by atoms with van der Waals surface area (Å²) in [6, 6.07) is 5.41. The smallest absolute Gasteiger partial charge is 0.161 e. The van der Waals surface area contributed by atoms with Gasteiger partial charge in [0.2, 0.25) is 0 Å². The monoisotopic (exact) mass is 312 g/mol. The second-order valence-corrected chi connectivity index (χ2v) is 5.23. The summed E-state index contributed by atoms with van der Waals surface area (Å²) in [6.45, 7) is 4.21. The summed E-state index contributed by atoms with van der Waals surface area (Å²) >= 11 is 3.11. The Morgan fingerprint density at radius 3 is 2.78 bits per heavy atom. The lowest BCUT2D eigenvalue weighted by molar-refractivity contribution is 0.597. The molecule has 4 heteroatoms. The van der Waals surface area contributed by atoms with Gasteiger partial charge in [-0.25, -0.2) is 4.39 Å². The molecular formula is C14H18BrFN2. The van der Waals surface area contributed by atoms with Gasteiger partial charge in [0.15, 0.2) is 5.82 Å². The Labute approximate surface area is 116 Å². The van der Waals surface area contributed by atoms with Crippen molar-refractivity contribution in [2.24, 2.45) is 0 Å². The van der Waals surface area contributed by atoms with Crippen molar-refractivity contribution in [1.29, 1.82) is 5.26 Å². The van der Waals surface area contributed by atoms with Gasteiger partial charge in [0.05, 0.1) is 15.7 Å². The number of unbranched alkanes of at least 4 members (excludes halogenated alkanes) is 2. The van der Waals surface area contributed by atoms with Crippen molar-refractivity contribution < 1.29 is 4.39 Å². The van der Waals surface area contributed by atoms with E-state index < -0.39 is 5.82 Å². The van der Waals surface area contributed by atoms with E-state index in [2.05, 4.69) is 28.2 Å². The lowest BCUT2D eigenvalue weighted by atomic mass is 10.1. The number of hydrogen-bond donors (Lipinski definition) is 1. The minimum absolute atomic E-state index is 0.228. The molecule has 0 saturated carbocycles. The fraction of sp³-hybridized carbons (Fsp3) is 0.500. The Hall–Kier alpha value is -1.08. The third kappa shape index (κ3) is 3.99. The zero-order valence-corrected chi connectivity index (χ0v) is 12.3. The molecule has 1 aromatic rings. The van der Waals surface area contributed by atoms with Gasteiger partial charge in [-0.2, -0.15) is 5.26 Å². The molecular weight excluding hydrogens is 295 g/mol. The van der Waals surface area contributed by atoms with E-state index >= 15 is 0 Å². The molecule has 0 aliphatic rings. The molecule has 0 saturated heterocycles. The van der Waals surface area contributed by atoms with Crippen molar-refractivity contribution in [3.05, 3.63) is 28.0 Å². The van der Waals surface area contributed by atoms with Gasteiger partial charge in [-0.1, -0.05) is 26.2 Å². The molecule has 1 rings (SSSR count). The van der Waals surface area contributed by atoms with Crippen molar-refractivity contribution in [3.63, 3.8) is 0 Å². The SMILES string of the molecule is CCCCCC(C)Nc1ccc(C#N)c(Br)c1F. The minimum Gasteiger partial charge on any atom is -0.380 e. The van der Waals surface area contributed by atoms with Crippen LogP contribution < -0.4 is 5.32 Å². The molecule has 2 nitrogen and oxygen atoms in total. The molecule has 0 spiro atoms. The van der Waals surface area contributed by atoms with E-state index in [1.807, 2.05) is 13.0 Å². The first kappa shape index (κ1) is 15.0. The van der Waals surface area contributed by atoms with E-state index in [-0.39, 0.29) is 10.5 Å². The van der Waals surface area contributed by atoms with Crippen LogP contribution in [0, 0.1) is 17.1 Å². The Kier molecular flexibility index (Phi) is 6.14. The van der Waals surface area contributed by atoms with E-state index in [9.17, 15) is 4.39 Å². The quantitative estimate of drug-likeness (QED) is 0.763. The maximum Gasteiger partial charge on any atom is 0.161 e. The van der Waals surface area contributed by atoms with Gasteiger partial charge in [0, 0.05) is 6.04 Å². The molecule has 1 atom stereocenters. The first-order chi connectivity index (χ1) is 8.60. The standard InChI is InChI=1S/C14H18BrFN2/c1-3-4-5-6-10(2)18-12-8-7-11(9-17)13(15)14(12)16/h7-8,10,18H,3-6H2,1-2H3.